The molecule has 0 aromatic heterocycles. The largest absolute Gasteiger partial charge is 0.370 e. The highest BCUT2D eigenvalue weighted by Crippen LogP contribution is 2.48. The second kappa shape index (κ2) is 30.2. The van der Waals surface area contributed by atoms with E-state index in [9.17, 15) is 47.9 Å². The van der Waals surface area contributed by atoms with Gasteiger partial charge in [-0.1, -0.05) is 122 Å². The highest BCUT2D eigenvalue weighted by atomic mass is 33.1. The Morgan fingerprint density at radius 1 is 0.753 bits per heavy atom. The summed E-state index contributed by atoms with van der Waals surface area (Å²) >= 11 is 0. The zero-order valence-corrected chi connectivity index (χ0v) is 45.4. The number of carbonyl (C=O) groups excluding carboxylic acids is 10. The van der Waals surface area contributed by atoms with Gasteiger partial charge in [-0.05, 0) is 55.6 Å². The van der Waals surface area contributed by atoms with Gasteiger partial charge in [0.15, 0.2) is 5.96 Å². The van der Waals surface area contributed by atoms with Crippen molar-refractivity contribution in [2.45, 2.75) is 151 Å². The fraction of sp³-hybridized carbons (Fsp3) is 0.558. The highest BCUT2D eigenvalue weighted by molar-refractivity contribution is 8.77. The van der Waals surface area contributed by atoms with Gasteiger partial charge in [-0.3, -0.25) is 52.9 Å². The zero-order chi connectivity index (χ0) is 56.1. The van der Waals surface area contributed by atoms with Crippen molar-refractivity contribution in [2.24, 2.45) is 33.8 Å². The second-order valence-corrected chi connectivity index (χ2v) is 22.7. The molecule has 1 spiro atoms. The van der Waals surface area contributed by atoms with E-state index in [2.05, 4.69) is 42.2 Å². The van der Waals surface area contributed by atoms with Crippen LogP contribution in [0.1, 0.15) is 102 Å². The van der Waals surface area contributed by atoms with E-state index in [0.29, 0.717) is 31.2 Å². The Morgan fingerprint density at radius 2 is 1.35 bits per heavy atom. The molecule has 5 rings (SSSR count). The Balaban J connectivity index is 1.52. The van der Waals surface area contributed by atoms with Crippen LogP contribution in [0.5, 0.6) is 0 Å². The van der Waals surface area contributed by atoms with Gasteiger partial charge in [0, 0.05) is 42.9 Å². The first-order chi connectivity index (χ1) is 36.8. The molecule has 1 saturated carbocycles. The number of nitrogens with zero attached hydrogens (tertiary/aromatic N) is 2. The van der Waals surface area contributed by atoms with Gasteiger partial charge < -0.3 is 65.1 Å². The summed E-state index contributed by atoms with van der Waals surface area (Å²) in [4.78, 5) is 144. The van der Waals surface area contributed by atoms with Crippen LogP contribution in [-0.2, 0) is 60.8 Å². The van der Waals surface area contributed by atoms with Crippen molar-refractivity contribution >= 4 is 86.6 Å². The third-order valence-electron chi connectivity index (χ3n) is 13.9. The minimum atomic E-state index is -1.65. The predicted octanol–water partition coefficient (Wildman–Crippen LogP) is -0.564. The molecule has 23 nitrogen and oxygen atoms in total. The van der Waals surface area contributed by atoms with E-state index >= 15 is 0 Å². The molecule has 2 heterocycles. The third-order valence-corrected chi connectivity index (χ3v) is 17.2. The van der Waals surface area contributed by atoms with Crippen LogP contribution in [0.25, 0.3) is 0 Å². The van der Waals surface area contributed by atoms with Gasteiger partial charge in [-0.15, -0.1) is 0 Å². The normalized spacial score (nSPS) is 23.6. The monoisotopic (exact) mass is 1110 g/mol. The molecule has 2 aliphatic heterocycles. The molecule has 2 aromatic rings. The van der Waals surface area contributed by atoms with Crippen molar-refractivity contribution in [3.05, 3.63) is 71.8 Å². The molecule has 2 saturated heterocycles. The van der Waals surface area contributed by atoms with Crippen LogP contribution in [0.15, 0.2) is 65.7 Å². The fourth-order valence-corrected chi connectivity index (χ4v) is 12.9. The van der Waals surface area contributed by atoms with Crippen LogP contribution in [0.4, 0.5) is 0 Å². The molecule has 0 bridgehead atoms. The van der Waals surface area contributed by atoms with Crippen LogP contribution in [0.2, 0.25) is 0 Å². The lowest BCUT2D eigenvalue weighted by molar-refractivity contribution is -0.142. The highest BCUT2D eigenvalue weighted by Gasteiger charge is 2.42. The Morgan fingerprint density at radius 3 is 1.95 bits per heavy atom. The minimum Gasteiger partial charge on any atom is -0.370 e. The maximum Gasteiger partial charge on any atom is 0.246 e. The van der Waals surface area contributed by atoms with E-state index in [4.69, 9.17) is 22.9 Å². The standard InChI is InChI=1S/C52H75N13O10S2/c1-3-31(2)43-49(74)62-37(27-40(53)66)46(71)63-38(50(75)65-24-14-20-39(65)48(73)60-34(19-13-23-57-51(55)56)44(69)58-29-41(54)67)30-76-77-52(21-11-6-12-22-52)28-42(68)59-35(25-32-15-7-4-8-16-32)45(70)61-36(47(72)64-43)26-33-17-9-5-10-18-33/h4-5,7-10,15-18,31,34-39,43H,3,6,11-14,19-30H2,1-2H3,(H2,53,66)(H2,54,67)(H,58,69)(H,59,68)(H,60,73)(H,61,70)(H,62,74)(H,63,71)(H,64,72)(H4,55,56,57)/t31-,34-,35?,36-,37?,38-,39-,43-/m0/s1. The topological polar surface area (TPSA) is 375 Å². The first kappa shape index (κ1) is 61.0. The van der Waals surface area contributed by atoms with Gasteiger partial charge in [0.1, 0.15) is 42.3 Å². The summed E-state index contributed by atoms with van der Waals surface area (Å²) in [6, 6.07) is 9.02. The molecule has 8 atom stereocenters. The van der Waals surface area contributed by atoms with Crippen molar-refractivity contribution in [2.75, 3.05) is 25.4 Å². The van der Waals surface area contributed by atoms with E-state index in [-0.39, 0.29) is 63.3 Å². The summed E-state index contributed by atoms with van der Waals surface area (Å²) in [6.07, 6.45) is 4.30. The first-order valence-electron chi connectivity index (χ1n) is 26.2. The molecule has 77 heavy (non-hydrogen) atoms. The molecule has 25 heteroatoms. The number of hydrogen-bond donors (Lipinski definition) is 11. The molecule has 2 unspecified atom stereocenters. The SMILES string of the molecule is CC[C@H](C)[C@@H]1NC(=O)[C@H](Cc2ccccc2)NC(=O)C(Cc2ccccc2)NC(=O)CC2(CCCCC2)SSC[C@@H](C(=O)N2CCC[C@H]2C(=O)N[C@@H](CCCN=C(N)N)C(=O)NCC(N)=O)NC(=O)C(CC(N)=O)NC1=O. The third kappa shape index (κ3) is 19.3. The van der Waals surface area contributed by atoms with Crippen LogP contribution >= 0.6 is 21.6 Å². The van der Waals surface area contributed by atoms with E-state index in [1.54, 1.807) is 44.2 Å². The molecule has 0 radical (unpaired) electrons. The quantitative estimate of drug-likeness (QED) is 0.0386. The number of guanidine groups is 1. The summed E-state index contributed by atoms with van der Waals surface area (Å²) in [5, 5.41) is 19.1. The van der Waals surface area contributed by atoms with Gasteiger partial charge in [0.25, 0.3) is 0 Å². The van der Waals surface area contributed by atoms with Crippen LogP contribution in [0.3, 0.4) is 0 Å². The number of nitrogens with one attached hydrogen (secondary N) is 7. The Bertz CT molecular complexity index is 2430. The van der Waals surface area contributed by atoms with Gasteiger partial charge in [-0.25, -0.2) is 0 Å². The summed E-state index contributed by atoms with van der Waals surface area (Å²) in [7, 11) is 2.61. The molecule has 420 valence electrons. The lowest BCUT2D eigenvalue weighted by Gasteiger charge is -2.37. The molecular weight excluding hydrogens is 1030 g/mol. The van der Waals surface area contributed by atoms with Gasteiger partial charge in [0.2, 0.25) is 59.1 Å². The maximum atomic E-state index is 14.9. The summed E-state index contributed by atoms with van der Waals surface area (Å²) < 4.78 is -0.691. The van der Waals surface area contributed by atoms with Crippen molar-refractivity contribution < 1.29 is 47.9 Å². The molecule has 15 N–H and O–H groups in total. The molecule has 1 aliphatic carbocycles. The lowest BCUT2D eigenvalue weighted by Crippen LogP contribution is -2.62. The van der Waals surface area contributed by atoms with Crippen molar-refractivity contribution in [3.63, 3.8) is 0 Å². The number of benzene rings is 2. The number of amides is 10. The van der Waals surface area contributed by atoms with E-state index in [1.165, 1.54) is 26.5 Å². The van der Waals surface area contributed by atoms with E-state index in [0.717, 1.165) is 24.8 Å². The second-order valence-electron chi connectivity index (χ2n) is 19.9. The molecule has 3 fully saturated rings. The lowest BCUT2D eigenvalue weighted by atomic mass is 9.85. The average molecular weight is 1110 g/mol. The summed E-state index contributed by atoms with van der Waals surface area (Å²) in [5.74, 6) is -8.29. The smallest absolute Gasteiger partial charge is 0.246 e. The Kier molecular flexibility index (Phi) is 23.9. The number of hydrogen-bond acceptors (Lipinski definition) is 13. The van der Waals surface area contributed by atoms with Crippen molar-refractivity contribution in [3.8, 4) is 0 Å². The van der Waals surface area contributed by atoms with Crippen molar-refractivity contribution in [1.82, 2.24) is 42.1 Å². The number of rotatable bonds is 18. The van der Waals surface area contributed by atoms with Crippen LogP contribution < -0.4 is 60.2 Å². The van der Waals surface area contributed by atoms with E-state index in [1.807, 2.05) is 30.3 Å². The van der Waals surface area contributed by atoms with Gasteiger partial charge >= 0.3 is 0 Å². The molecule has 10 amide bonds. The maximum absolute atomic E-state index is 14.9. The van der Waals surface area contributed by atoms with Gasteiger partial charge in [-0.2, -0.15) is 0 Å². The average Bonchev–Trinajstić information content (AvgIpc) is 3.90. The minimum absolute atomic E-state index is 0.00542. The number of likely N-dealkylation sites (tertiary alicyclic amines) is 1. The Labute approximate surface area is 456 Å². The summed E-state index contributed by atoms with van der Waals surface area (Å²) in [5.41, 5.74) is 23.3. The fourth-order valence-electron chi connectivity index (χ4n) is 9.56. The molecular formula is C52H75N13O10S2. The van der Waals surface area contributed by atoms with Gasteiger partial charge in [0.05, 0.1) is 13.0 Å². The Hall–Kier alpha value is -6.89. The molecule has 3 aliphatic rings. The summed E-state index contributed by atoms with van der Waals surface area (Å²) in [6.45, 7) is 3.20. The van der Waals surface area contributed by atoms with Crippen LogP contribution in [0, 0.1) is 5.92 Å². The number of aliphatic imine (C=N–C) groups is 1. The number of primary amides is 2. The number of carbonyl (C=O) groups is 10. The number of nitrogens with two attached hydrogens (primary N) is 4. The van der Waals surface area contributed by atoms with E-state index < -0.39 is 125 Å². The first-order valence-corrected chi connectivity index (χ1v) is 28.5. The zero-order valence-electron chi connectivity index (χ0n) is 43.7. The molecule has 2 aromatic carbocycles. The van der Waals surface area contributed by atoms with Crippen LogP contribution in [-0.4, -0.2) is 142 Å². The predicted molar refractivity (Wildman–Crippen MR) is 292 cm³/mol. The van der Waals surface area contributed by atoms with Crippen molar-refractivity contribution in [1.29, 1.82) is 0 Å².